The first-order valence-electron chi connectivity index (χ1n) is 9.31. The van der Waals surface area contributed by atoms with Crippen molar-refractivity contribution in [3.8, 4) is 0 Å². The van der Waals surface area contributed by atoms with Crippen LogP contribution in [0, 0.1) is 11.6 Å². The minimum Gasteiger partial charge on any atom is -0.337 e. The molecular formula is C20H18F2N4O3S. The van der Waals surface area contributed by atoms with Crippen LogP contribution in [0.15, 0.2) is 53.7 Å². The molecule has 7 nitrogen and oxygen atoms in total. The van der Waals surface area contributed by atoms with E-state index in [9.17, 15) is 22.0 Å². The van der Waals surface area contributed by atoms with E-state index < -0.39 is 27.6 Å². The molecule has 0 saturated carbocycles. The maximum Gasteiger partial charge on any atom is 0.256 e. The predicted molar refractivity (Wildman–Crippen MR) is 105 cm³/mol. The Morgan fingerprint density at radius 3 is 2.40 bits per heavy atom. The zero-order chi connectivity index (χ0) is 21.3. The van der Waals surface area contributed by atoms with Gasteiger partial charge < -0.3 is 4.90 Å². The first-order valence-corrected chi connectivity index (χ1v) is 10.8. The fourth-order valence-electron chi connectivity index (χ4n) is 3.47. The molecule has 0 N–H and O–H groups in total. The number of benzene rings is 2. The molecule has 0 bridgehead atoms. The summed E-state index contributed by atoms with van der Waals surface area (Å²) in [5, 5.41) is 0. The molecule has 0 aliphatic carbocycles. The fourth-order valence-corrected chi connectivity index (χ4v) is 4.94. The van der Waals surface area contributed by atoms with Gasteiger partial charge in [-0.25, -0.2) is 17.2 Å². The van der Waals surface area contributed by atoms with E-state index in [0.29, 0.717) is 18.5 Å². The maximum atomic E-state index is 14.0. The molecule has 1 amide bonds. The molecule has 10 heteroatoms. The van der Waals surface area contributed by atoms with Gasteiger partial charge in [0.05, 0.1) is 16.0 Å². The minimum absolute atomic E-state index is 0.00456. The number of hydrogen-bond acceptors (Lipinski definition) is 5. The molecule has 2 heterocycles. The van der Waals surface area contributed by atoms with Crippen LogP contribution in [-0.2, 0) is 10.0 Å². The Hall–Kier alpha value is -2.98. The van der Waals surface area contributed by atoms with Crippen molar-refractivity contribution in [1.82, 2.24) is 19.2 Å². The predicted octanol–water partition coefficient (Wildman–Crippen LogP) is 2.44. The molecule has 1 aliphatic heterocycles. The lowest BCUT2D eigenvalue weighted by atomic mass is 10.1. The summed E-state index contributed by atoms with van der Waals surface area (Å²) in [6, 6.07) is 6.95. The van der Waals surface area contributed by atoms with E-state index in [1.165, 1.54) is 39.8 Å². The summed E-state index contributed by atoms with van der Waals surface area (Å²) in [6.07, 6.45) is 3.25. The van der Waals surface area contributed by atoms with Gasteiger partial charge in [0.1, 0.15) is 17.2 Å². The van der Waals surface area contributed by atoms with Gasteiger partial charge in [-0.05, 0) is 36.8 Å². The van der Waals surface area contributed by atoms with Crippen LogP contribution in [-0.4, -0.2) is 59.7 Å². The van der Waals surface area contributed by atoms with Gasteiger partial charge in [0.15, 0.2) is 0 Å². The lowest BCUT2D eigenvalue weighted by molar-refractivity contribution is 0.0765. The molecule has 0 radical (unpaired) electrons. The zero-order valence-electron chi connectivity index (χ0n) is 15.8. The summed E-state index contributed by atoms with van der Waals surface area (Å²) >= 11 is 0. The molecule has 156 valence electrons. The van der Waals surface area contributed by atoms with Crippen LogP contribution in [0.1, 0.15) is 16.8 Å². The smallest absolute Gasteiger partial charge is 0.256 e. The monoisotopic (exact) mass is 432 g/mol. The van der Waals surface area contributed by atoms with Gasteiger partial charge in [0, 0.05) is 44.6 Å². The average Bonchev–Trinajstić information content (AvgIpc) is 3.00. The van der Waals surface area contributed by atoms with Gasteiger partial charge in [-0.1, -0.05) is 0 Å². The molecule has 1 aliphatic rings. The molecular weight excluding hydrogens is 414 g/mol. The van der Waals surface area contributed by atoms with Gasteiger partial charge >= 0.3 is 0 Å². The van der Waals surface area contributed by atoms with Crippen molar-refractivity contribution < 1.29 is 22.0 Å². The largest absolute Gasteiger partial charge is 0.337 e. The van der Waals surface area contributed by atoms with Crippen molar-refractivity contribution in [2.45, 2.75) is 11.3 Å². The molecule has 1 saturated heterocycles. The van der Waals surface area contributed by atoms with E-state index in [1.807, 2.05) is 0 Å². The lowest BCUT2D eigenvalue weighted by Crippen LogP contribution is -2.37. The Bertz CT molecular complexity index is 1200. The van der Waals surface area contributed by atoms with E-state index in [0.717, 1.165) is 18.2 Å². The van der Waals surface area contributed by atoms with Crippen molar-refractivity contribution in [1.29, 1.82) is 0 Å². The van der Waals surface area contributed by atoms with Crippen LogP contribution in [0.2, 0.25) is 0 Å². The summed E-state index contributed by atoms with van der Waals surface area (Å²) in [7, 11) is -3.81. The first kappa shape index (κ1) is 20.3. The summed E-state index contributed by atoms with van der Waals surface area (Å²) in [6.45, 7) is 0.738. The molecule has 1 aromatic heterocycles. The Kier molecular flexibility index (Phi) is 5.44. The second-order valence-corrected chi connectivity index (χ2v) is 8.82. The number of nitrogens with zero attached hydrogens (tertiary/aromatic N) is 4. The molecule has 2 aromatic carbocycles. The van der Waals surface area contributed by atoms with Gasteiger partial charge in [-0.3, -0.25) is 14.8 Å². The molecule has 30 heavy (non-hydrogen) atoms. The highest BCUT2D eigenvalue weighted by Crippen LogP contribution is 2.21. The Morgan fingerprint density at radius 1 is 0.900 bits per heavy atom. The van der Waals surface area contributed by atoms with Gasteiger partial charge in [0.25, 0.3) is 5.91 Å². The van der Waals surface area contributed by atoms with Crippen LogP contribution in [0.4, 0.5) is 8.78 Å². The highest BCUT2D eigenvalue weighted by Gasteiger charge is 2.29. The summed E-state index contributed by atoms with van der Waals surface area (Å²) in [5.41, 5.74) is 0.660. The second-order valence-electron chi connectivity index (χ2n) is 6.88. The molecule has 4 rings (SSSR count). The minimum atomic E-state index is -3.81. The summed E-state index contributed by atoms with van der Waals surface area (Å²) < 4.78 is 54.1. The van der Waals surface area contributed by atoms with Gasteiger partial charge in [-0.2, -0.15) is 4.31 Å². The van der Waals surface area contributed by atoms with Crippen molar-refractivity contribution >= 4 is 27.0 Å². The van der Waals surface area contributed by atoms with E-state index in [-0.39, 0.29) is 35.6 Å². The number of halogens is 2. The topological polar surface area (TPSA) is 83.5 Å². The van der Waals surface area contributed by atoms with Crippen molar-refractivity contribution in [2.75, 3.05) is 26.2 Å². The molecule has 3 aromatic rings. The normalized spacial score (nSPS) is 15.9. The van der Waals surface area contributed by atoms with Crippen LogP contribution in [0.5, 0.6) is 0 Å². The second kappa shape index (κ2) is 8.04. The third kappa shape index (κ3) is 3.88. The molecule has 0 atom stereocenters. The number of fused-ring (bicyclic) bond motifs is 1. The number of rotatable bonds is 3. The quantitative estimate of drug-likeness (QED) is 0.635. The number of carbonyl (C=O) groups is 1. The maximum absolute atomic E-state index is 14.0. The van der Waals surface area contributed by atoms with Crippen molar-refractivity contribution in [2.24, 2.45) is 0 Å². The number of aromatic nitrogens is 2. The average molecular weight is 432 g/mol. The van der Waals surface area contributed by atoms with Crippen LogP contribution in [0.3, 0.4) is 0 Å². The third-order valence-electron chi connectivity index (χ3n) is 4.96. The van der Waals surface area contributed by atoms with Crippen molar-refractivity contribution in [3.63, 3.8) is 0 Å². The van der Waals surface area contributed by atoms with Gasteiger partial charge in [0.2, 0.25) is 10.0 Å². The fraction of sp³-hybridized carbons (Fsp3) is 0.250. The molecule has 0 unspecified atom stereocenters. The van der Waals surface area contributed by atoms with Crippen LogP contribution in [0.25, 0.3) is 11.0 Å². The highest BCUT2D eigenvalue weighted by atomic mass is 32.2. The number of hydrogen-bond donors (Lipinski definition) is 0. The number of amides is 1. The number of sulfonamides is 1. The van der Waals surface area contributed by atoms with E-state index in [1.54, 1.807) is 0 Å². The summed E-state index contributed by atoms with van der Waals surface area (Å²) in [5.74, 6) is -1.55. The van der Waals surface area contributed by atoms with E-state index in [4.69, 9.17) is 0 Å². The van der Waals surface area contributed by atoms with Crippen LogP contribution < -0.4 is 0 Å². The molecule has 0 spiro atoms. The Morgan fingerprint density at radius 2 is 1.63 bits per heavy atom. The number of carbonyl (C=O) groups excluding carboxylic acids is 1. The van der Waals surface area contributed by atoms with E-state index in [2.05, 4.69) is 9.97 Å². The SMILES string of the molecule is O=C(c1cc(F)cc2nccnc12)N1CCCN(S(=O)(=O)c2ccc(F)cc2)CC1. The van der Waals surface area contributed by atoms with Crippen LogP contribution >= 0.6 is 0 Å². The molecule has 1 fully saturated rings. The first-order chi connectivity index (χ1) is 14.4. The van der Waals surface area contributed by atoms with Gasteiger partial charge in [-0.15, -0.1) is 0 Å². The standard InChI is InChI=1S/C20H18F2N4O3S/c21-14-2-4-16(5-3-14)30(28,29)26-9-1-8-25(10-11-26)20(27)17-12-15(22)13-18-19(17)24-7-6-23-18/h2-7,12-13H,1,8-11H2. The van der Waals surface area contributed by atoms with Crippen molar-refractivity contribution in [3.05, 3.63) is 66.0 Å². The zero-order valence-corrected chi connectivity index (χ0v) is 16.6. The van der Waals surface area contributed by atoms with E-state index >= 15 is 0 Å². The summed E-state index contributed by atoms with van der Waals surface area (Å²) in [4.78, 5) is 22.7. The Labute approximate surface area is 172 Å². The highest BCUT2D eigenvalue weighted by molar-refractivity contribution is 7.89. The third-order valence-corrected chi connectivity index (χ3v) is 6.88. The Balaban J connectivity index is 1.56. The lowest BCUT2D eigenvalue weighted by Gasteiger charge is -2.22.